The number of carbonyl (C=O) groups excluding carboxylic acids is 1. The number of nitrogens with one attached hydrogen (secondary N) is 2. The van der Waals surface area contributed by atoms with Crippen molar-refractivity contribution in [2.24, 2.45) is 0 Å². The molecule has 0 aliphatic heterocycles. The summed E-state index contributed by atoms with van der Waals surface area (Å²) in [5.74, 6) is 0.381. The molecule has 1 aromatic heterocycles. The molecule has 0 atom stereocenters. The first-order chi connectivity index (χ1) is 12.7. The predicted octanol–water partition coefficient (Wildman–Crippen LogP) is 3.96. The minimum atomic E-state index is -0.309. The Morgan fingerprint density at radius 2 is 1.92 bits per heavy atom. The lowest BCUT2D eigenvalue weighted by Gasteiger charge is -2.11. The maximum atomic E-state index is 12.5. The predicted molar refractivity (Wildman–Crippen MR) is 99.6 cm³/mol. The number of pyridine rings is 1. The number of methoxy groups -OCH3 is 1. The molecular formula is C20H16N4O2. The fourth-order valence-electron chi connectivity index (χ4n) is 2.41. The van der Waals surface area contributed by atoms with Crippen molar-refractivity contribution in [1.82, 2.24) is 4.98 Å². The lowest BCUT2D eigenvalue weighted by atomic mass is 10.2. The summed E-state index contributed by atoms with van der Waals surface area (Å²) in [5, 5.41) is 14.9. The number of nitrogens with zero attached hydrogens (tertiary/aromatic N) is 2. The van der Waals surface area contributed by atoms with Crippen LogP contribution < -0.4 is 15.4 Å². The van der Waals surface area contributed by atoms with Crippen LogP contribution in [0.5, 0.6) is 5.75 Å². The van der Waals surface area contributed by atoms with E-state index in [1.165, 1.54) is 6.20 Å². The Hall–Kier alpha value is -3.85. The first kappa shape index (κ1) is 17.0. The van der Waals surface area contributed by atoms with Crippen LogP contribution in [0.3, 0.4) is 0 Å². The van der Waals surface area contributed by atoms with Crippen LogP contribution in [0.4, 0.5) is 17.1 Å². The van der Waals surface area contributed by atoms with Crippen LogP contribution in [0, 0.1) is 11.3 Å². The standard InChI is InChI=1S/C20H16N4O2/c1-26-19-8-3-2-7-18(19)23-17-10-15(12-22-13-17)20(25)24-16-6-4-5-14(9-16)11-21/h2-10,12-13,23H,1H3,(H,24,25). The van der Waals surface area contributed by atoms with Gasteiger partial charge in [0.25, 0.3) is 5.91 Å². The first-order valence-electron chi connectivity index (χ1n) is 7.86. The molecule has 0 radical (unpaired) electrons. The van der Waals surface area contributed by atoms with E-state index < -0.39 is 0 Å². The first-order valence-corrected chi connectivity index (χ1v) is 7.86. The van der Waals surface area contributed by atoms with Crippen molar-refractivity contribution in [3.05, 3.63) is 78.1 Å². The number of aromatic nitrogens is 1. The highest BCUT2D eigenvalue weighted by molar-refractivity contribution is 6.04. The monoisotopic (exact) mass is 344 g/mol. The van der Waals surface area contributed by atoms with Gasteiger partial charge in [0.15, 0.2) is 0 Å². The van der Waals surface area contributed by atoms with Crippen molar-refractivity contribution in [3.63, 3.8) is 0 Å². The van der Waals surface area contributed by atoms with Gasteiger partial charge >= 0.3 is 0 Å². The number of benzene rings is 2. The molecule has 6 heteroatoms. The number of hydrogen-bond donors (Lipinski definition) is 2. The SMILES string of the molecule is COc1ccccc1Nc1cncc(C(=O)Nc2cccc(C#N)c2)c1. The molecule has 2 aromatic carbocycles. The second-order valence-electron chi connectivity index (χ2n) is 5.43. The molecule has 0 aliphatic rings. The molecular weight excluding hydrogens is 328 g/mol. The van der Waals surface area contributed by atoms with Crippen LogP contribution in [0.1, 0.15) is 15.9 Å². The smallest absolute Gasteiger partial charge is 0.257 e. The van der Waals surface area contributed by atoms with Crippen LogP contribution in [0.25, 0.3) is 0 Å². The van der Waals surface area contributed by atoms with Gasteiger partial charge in [-0.15, -0.1) is 0 Å². The number of nitriles is 1. The Morgan fingerprint density at radius 3 is 2.73 bits per heavy atom. The summed E-state index contributed by atoms with van der Waals surface area (Å²) in [7, 11) is 1.60. The molecule has 3 rings (SSSR count). The van der Waals surface area contributed by atoms with Crippen LogP contribution in [-0.4, -0.2) is 18.0 Å². The van der Waals surface area contributed by atoms with Crippen molar-refractivity contribution >= 4 is 23.0 Å². The number of ether oxygens (including phenoxy) is 1. The summed E-state index contributed by atoms with van der Waals surface area (Å²) in [5.41, 5.74) is 2.86. The van der Waals surface area contributed by atoms with Gasteiger partial charge in [0.2, 0.25) is 0 Å². The molecule has 0 bridgehead atoms. The number of amides is 1. The van der Waals surface area contributed by atoms with Crippen LogP contribution in [0.15, 0.2) is 67.0 Å². The van der Waals surface area contributed by atoms with E-state index >= 15 is 0 Å². The van der Waals surface area contributed by atoms with E-state index in [0.29, 0.717) is 28.3 Å². The van der Waals surface area contributed by atoms with E-state index in [-0.39, 0.29) is 5.91 Å². The Labute approximate surface area is 151 Å². The number of hydrogen-bond acceptors (Lipinski definition) is 5. The van der Waals surface area contributed by atoms with Gasteiger partial charge in [0.1, 0.15) is 5.75 Å². The van der Waals surface area contributed by atoms with Crippen molar-refractivity contribution in [2.45, 2.75) is 0 Å². The lowest BCUT2D eigenvalue weighted by molar-refractivity contribution is 0.102. The van der Waals surface area contributed by atoms with Crippen molar-refractivity contribution in [1.29, 1.82) is 5.26 Å². The molecule has 1 heterocycles. The third-order valence-corrected chi connectivity index (χ3v) is 3.64. The van der Waals surface area contributed by atoms with E-state index in [0.717, 1.165) is 5.69 Å². The molecule has 0 saturated carbocycles. The summed E-state index contributed by atoms with van der Waals surface area (Å²) in [6, 6.07) is 17.9. The summed E-state index contributed by atoms with van der Waals surface area (Å²) in [6.45, 7) is 0. The molecule has 0 aliphatic carbocycles. The maximum absolute atomic E-state index is 12.5. The molecule has 26 heavy (non-hydrogen) atoms. The molecule has 0 saturated heterocycles. The summed E-state index contributed by atoms with van der Waals surface area (Å²) >= 11 is 0. The van der Waals surface area contributed by atoms with Crippen molar-refractivity contribution in [2.75, 3.05) is 17.7 Å². The summed E-state index contributed by atoms with van der Waals surface area (Å²) < 4.78 is 5.31. The van der Waals surface area contributed by atoms with Gasteiger partial charge in [0, 0.05) is 11.9 Å². The minimum Gasteiger partial charge on any atom is -0.495 e. The maximum Gasteiger partial charge on any atom is 0.257 e. The van der Waals surface area contributed by atoms with Gasteiger partial charge in [-0.3, -0.25) is 9.78 Å². The van der Waals surface area contributed by atoms with E-state index in [9.17, 15) is 4.79 Å². The quantitative estimate of drug-likeness (QED) is 0.731. The zero-order valence-corrected chi connectivity index (χ0v) is 14.1. The van der Waals surface area contributed by atoms with Crippen LogP contribution >= 0.6 is 0 Å². The van der Waals surface area contributed by atoms with Gasteiger partial charge < -0.3 is 15.4 Å². The van der Waals surface area contributed by atoms with E-state index in [1.54, 1.807) is 43.6 Å². The van der Waals surface area contributed by atoms with E-state index in [1.807, 2.05) is 30.3 Å². The Bertz CT molecular complexity index is 979. The van der Waals surface area contributed by atoms with Gasteiger partial charge in [-0.1, -0.05) is 18.2 Å². The molecule has 0 fully saturated rings. The van der Waals surface area contributed by atoms with Crippen molar-refractivity contribution < 1.29 is 9.53 Å². The average molecular weight is 344 g/mol. The van der Waals surface area contributed by atoms with E-state index in [4.69, 9.17) is 10.00 Å². The summed E-state index contributed by atoms with van der Waals surface area (Å²) in [6.07, 6.45) is 3.11. The minimum absolute atomic E-state index is 0.309. The van der Waals surface area contributed by atoms with Crippen molar-refractivity contribution in [3.8, 4) is 11.8 Å². The highest BCUT2D eigenvalue weighted by Gasteiger charge is 2.09. The van der Waals surface area contributed by atoms with Gasteiger partial charge in [-0.05, 0) is 36.4 Å². The third kappa shape index (κ3) is 3.97. The second kappa shape index (κ2) is 7.81. The number of para-hydroxylation sites is 2. The van der Waals surface area contributed by atoms with Crippen LogP contribution in [-0.2, 0) is 0 Å². The van der Waals surface area contributed by atoms with E-state index in [2.05, 4.69) is 15.6 Å². The Balaban J connectivity index is 1.78. The topological polar surface area (TPSA) is 87.0 Å². The summed E-state index contributed by atoms with van der Waals surface area (Å²) in [4.78, 5) is 16.6. The zero-order valence-electron chi connectivity index (χ0n) is 14.1. The fraction of sp³-hybridized carbons (Fsp3) is 0.0500. The fourth-order valence-corrected chi connectivity index (χ4v) is 2.41. The molecule has 6 nitrogen and oxygen atoms in total. The third-order valence-electron chi connectivity index (χ3n) is 3.64. The van der Waals surface area contributed by atoms with Gasteiger partial charge in [0.05, 0.1) is 41.9 Å². The average Bonchev–Trinajstić information content (AvgIpc) is 2.69. The van der Waals surface area contributed by atoms with Crippen LogP contribution in [0.2, 0.25) is 0 Å². The molecule has 0 spiro atoms. The van der Waals surface area contributed by atoms with Gasteiger partial charge in [-0.2, -0.15) is 5.26 Å². The molecule has 0 unspecified atom stereocenters. The number of carbonyl (C=O) groups is 1. The normalized spacial score (nSPS) is 9.85. The number of rotatable bonds is 5. The lowest BCUT2D eigenvalue weighted by Crippen LogP contribution is -2.12. The second-order valence-corrected chi connectivity index (χ2v) is 5.43. The Morgan fingerprint density at radius 1 is 1.08 bits per heavy atom. The zero-order chi connectivity index (χ0) is 18.4. The highest BCUT2D eigenvalue weighted by Crippen LogP contribution is 2.27. The Kier molecular flexibility index (Phi) is 5.11. The number of anilines is 3. The molecule has 1 amide bonds. The molecule has 3 aromatic rings. The van der Waals surface area contributed by atoms with Gasteiger partial charge in [-0.25, -0.2) is 0 Å². The molecule has 128 valence electrons. The highest BCUT2D eigenvalue weighted by atomic mass is 16.5. The molecule has 2 N–H and O–H groups in total. The largest absolute Gasteiger partial charge is 0.495 e.